The molecule has 0 aliphatic carbocycles. The van der Waals surface area contributed by atoms with Crippen molar-refractivity contribution in [3.8, 4) is 0 Å². The summed E-state index contributed by atoms with van der Waals surface area (Å²) in [7, 11) is 1.82. The Morgan fingerprint density at radius 1 is 1.29 bits per heavy atom. The van der Waals surface area contributed by atoms with Crippen molar-refractivity contribution in [2.45, 2.75) is 6.54 Å². The molecule has 0 radical (unpaired) electrons. The number of amidine groups is 1. The van der Waals surface area contributed by atoms with Crippen LogP contribution < -0.4 is 10.6 Å². The maximum absolute atomic E-state index is 13.7. The molecular weight excluding hydrogens is 337 g/mol. The number of benzene rings is 2. The maximum Gasteiger partial charge on any atom is 0.173 e. The molecule has 6 heteroatoms. The fourth-order valence-electron chi connectivity index (χ4n) is 2.10. The lowest BCUT2D eigenvalue weighted by Gasteiger charge is -2.23. The van der Waals surface area contributed by atoms with Gasteiger partial charge in [-0.2, -0.15) is 0 Å². The van der Waals surface area contributed by atoms with Gasteiger partial charge in [-0.15, -0.1) is 0 Å². The summed E-state index contributed by atoms with van der Waals surface area (Å²) in [6.07, 6.45) is 0. The zero-order chi connectivity index (χ0) is 15.4. The van der Waals surface area contributed by atoms with Crippen LogP contribution in [-0.2, 0) is 6.54 Å². The van der Waals surface area contributed by atoms with Crippen molar-refractivity contribution in [1.29, 1.82) is 0 Å². The highest BCUT2D eigenvalue weighted by Gasteiger charge is 2.15. The molecule has 0 aliphatic heterocycles. The van der Waals surface area contributed by atoms with Gasteiger partial charge in [0.2, 0.25) is 0 Å². The number of anilines is 1. The van der Waals surface area contributed by atoms with Crippen LogP contribution in [0.5, 0.6) is 0 Å². The molecule has 0 unspecified atom stereocenters. The Bertz CT molecular complexity index is 676. The van der Waals surface area contributed by atoms with E-state index in [2.05, 4.69) is 21.1 Å². The monoisotopic (exact) mass is 351 g/mol. The van der Waals surface area contributed by atoms with Crippen molar-refractivity contribution in [1.82, 2.24) is 0 Å². The Balaban J connectivity index is 2.38. The van der Waals surface area contributed by atoms with E-state index in [0.717, 1.165) is 5.69 Å². The van der Waals surface area contributed by atoms with Crippen molar-refractivity contribution in [2.75, 3.05) is 11.9 Å². The molecule has 110 valence electrons. The third-order valence-corrected chi connectivity index (χ3v) is 3.79. The number of nitrogens with zero attached hydrogens (tertiary/aromatic N) is 2. The summed E-state index contributed by atoms with van der Waals surface area (Å²) >= 11 is 3.38. The van der Waals surface area contributed by atoms with Gasteiger partial charge >= 0.3 is 0 Å². The number of hydrogen-bond acceptors (Lipinski definition) is 3. The minimum Gasteiger partial charge on any atom is -0.409 e. The summed E-state index contributed by atoms with van der Waals surface area (Å²) in [4.78, 5) is 1.84. The highest BCUT2D eigenvalue weighted by atomic mass is 79.9. The quantitative estimate of drug-likeness (QED) is 0.384. The second-order valence-corrected chi connectivity index (χ2v) is 5.42. The van der Waals surface area contributed by atoms with Crippen molar-refractivity contribution in [2.24, 2.45) is 10.9 Å². The highest BCUT2D eigenvalue weighted by molar-refractivity contribution is 9.10. The molecule has 0 fully saturated rings. The fraction of sp³-hybridized carbons (Fsp3) is 0.133. The van der Waals surface area contributed by atoms with Crippen LogP contribution in [0.1, 0.15) is 11.1 Å². The first-order valence-corrected chi connectivity index (χ1v) is 7.05. The minimum absolute atomic E-state index is 0.00198. The molecule has 2 rings (SSSR count). The van der Waals surface area contributed by atoms with E-state index in [1.807, 2.05) is 24.1 Å². The van der Waals surface area contributed by atoms with E-state index >= 15 is 0 Å². The number of halogens is 2. The van der Waals surface area contributed by atoms with Gasteiger partial charge < -0.3 is 15.8 Å². The topological polar surface area (TPSA) is 61.8 Å². The Hall–Kier alpha value is -2.08. The summed E-state index contributed by atoms with van der Waals surface area (Å²) in [5.74, 6) is -0.262. The smallest absolute Gasteiger partial charge is 0.173 e. The average molecular weight is 352 g/mol. The predicted octanol–water partition coefficient (Wildman–Crippen LogP) is 3.32. The van der Waals surface area contributed by atoms with Gasteiger partial charge in [0.05, 0.1) is 5.56 Å². The molecule has 21 heavy (non-hydrogen) atoms. The first-order chi connectivity index (χ1) is 10.0. The molecule has 0 aliphatic rings. The molecule has 0 aromatic heterocycles. The zero-order valence-corrected chi connectivity index (χ0v) is 13.0. The number of oxime groups is 1. The Labute approximate surface area is 130 Å². The second-order valence-electron chi connectivity index (χ2n) is 4.57. The van der Waals surface area contributed by atoms with E-state index in [-0.39, 0.29) is 11.7 Å². The lowest BCUT2D eigenvalue weighted by molar-refractivity contribution is 0.318. The van der Waals surface area contributed by atoms with Crippen LogP contribution in [0.25, 0.3) is 0 Å². The lowest BCUT2D eigenvalue weighted by atomic mass is 10.1. The summed E-state index contributed by atoms with van der Waals surface area (Å²) in [5.41, 5.74) is 7.61. The van der Waals surface area contributed by atoms with Crippen molar-refractivity contribution in [3.63, 3.8) is 0 Å². The maximum atomic E-state index is 13.7. The molecule has 0 saturated heterocycles. The standard InChI is InChI=1S/C15H15BrFN3O/c1-20(9-10-5-2-3-7-12(10)17)13-8-4-6-11(16)14(13)15(18)19-21/h2-8,21H,9H2,1H3,(H2,18,19). The predicted molar refractivity (Wildman–Crippen MR) is 85.2 cm³/mol. The van der Waals surface area contributed by atoms with E-state index in [1.165, 1.54) is 6.07 Å². The third kappa shape index (κ3) is 3.33. The Kier molecular flexibility index (Phi) is 4.80. The summed E-state index contributed by atoms with van der Waals surface area (Å²) < 4.78 is 14.5. The summed E-state index contributed by atoms with van der Waals surface area (Å²) in [6, 6.07) is 12.1. The van der Waals surface area contributed by atoms with Crippen LogP contribution >= 0.6 is 15.9 Å². The van der Waals surface area contributed by atoms with E-state index in [1.54, 1.807) is 24.3 Å². The zero-order valence-electron chi connectivity index (χ0n) is 11.4. The van der Waals surface area contributed by atoms with Gasteiger partial charge in [0.15, 0.2) is 5.84 Å². The first kappa shape index (κ1) is 15.3. The summed E-state index contributed by atoms with van der Waals surface area (Å²) in [6.45, 7) is 0.370. The number of rotatable bonds is 4. The largest absolute Gasteiger partial charge is 0.409 e. The minimum atomic E-state index is -0.260. The fourth-order valence-corrected chi connectivity index (χ4v) is 2.66. The van der Waals surface area contributed by atoms with Gasteiger partial charge in [-0.1, -0.05) is 29.4 Å². The van der Waals surface area contributed by atoms with Crippen molar-refractivity contribution >= 4 is 27.5 Å². The van der Waals surface area contributed by atoms with Crippen LogP contribution in [0, 0.1) is 5.82 Å². The van der Waals surface area contributed by atoms with Crippen LogP contribution in [-0.4, -0.2) is 18.1 Å². The van der Waals surface area contributed by atoms with Gasteiger partial charge in [-0.05, 0) is 34.1 Å². The third-order valence-electron chi connectivity index (χ3n) is 3.13. The van der Waals surface area contributed by atoms with E-state index in [0.29, 0.717) is 22.1 Å². The molecule has 2 aromatic carbocycles. The molecule has 0 spiro atoms. The van der Waals surface area contributed by atoms with Crippen molar-refractivity contribution < 1.29 is 9.60 Å². The SMILES string of the molecule is CN(Cc1ccccc1F)c1cccc(Br)c1/C(N)=N/O. The van der Waals surface area contributed by atoms with Crippen LogP contribution in [0.2, 0.25) is 0 Å². The van der Waals surface area contributed by atoms with Gasteiger partial charge in [0.25, 0.3) is 0 Å². The van der Waals surface area contributed by atoms with Gasteiger partial charge in [-0.3, -0.25) is 0 Å². The van der Waals surface area contributed by atoms with Crippen LogP contribution in [0.15, 0.2) is 52.1 Å². The molecule has 0 atom stereocenters. The van der Waals surface area contributed by atoms with Crippen molar-refractivity contribution in [3.05, 3.63) is 63.9 Å². The Morgan fingerprint density at radius 2 is 2.00 bits per heavy atom. The molecule has 0 saturated carbocycles. The molecular formula is C15H15BrFN3O. The molecule has 0 amide bonds. The van der Waals surface area contributed by atoms with Gasteiger partial charge in [0.1, 0.15) is 5.82 Å². The molecule has 0 heterocycles. The van der Waals surface area contributed by atoms with Crippen LogP contribution in [0.4, 0.5) is 10.1 Å². The molecule has 2 aromatic rings. The van der Waals surface area contributed by atoms with Gasteiger partial charge in [-0.25, -0.2) is 4.39 Å². The number of hydrogen-bond donors (Lipinski definition) is 2. The van der Waals surface area contributed by atoms with Gasteiger partial charge in [0, 0.05) is 29.3 Å². The Morgan fingerprint density at radius 3 is 2.67 bits per heavy atom. The first-order valence-electron chi connectivity index (χ1n) is 6.25. The average Bonchev–Trinajstić information content (AvgIpc) is 2.48. The summed E-state index contributed by atoms with van der Waals surface area (Å²) in [5, 5.41) is 12.0. The molecule has 0 bridgehead atoms. The van der Waals surface area contributed by atoms with E-state index in [9.17, 15) is 4.39 Å². The van der Waals surface area contributed by atoms with Crippen LogP contribution in [0.3, 0.4) is 0 Å². The molecule has 4 nitrogen and oxygen atoms in total. The number of nitrogens with two attached hydrogens (primary N) is 1. The van der Waals surface area contributed by atoms with E-state index < -0.39 is 0 Å². The highest BCUT2D eigenvalue weighted by Crippen LogP contribution is 2.28. The van der Waals surface area contributed by atoms with E-state index in [4.69, 9.17) is 10.9 Å². The lowest BCUT2D eigenvalue weighted by Crippen LogP contribution is -2.23. The normalized spacial score (nSPS) is 11.5. The molecule has 3 N–H and O–H groups in total. The second kappa shape index (κ2) is 6.58.